The van der Waals surface area contributed by atoms with Crippen LogP contribution in [-0.2, 0) is 41.4 Å². The predicted molar refractivity (Wildman–Crippen MR) is 256 cm³/mol. The molecule has 17 heteroatoms. The Hall–Kier alpha value is -2.03. The van der Waals surface area contributed by atoms with Gasteiger partial charge < -0.3 is 64.3 Å². The van der Waals surface area contributed by atoms with Gasteiger partial charge in [0.05, 0.1) is 47.2 Å². The molecule has 4 heterocycles. The molecule has 3 saturated heterocycles. The first-order valence-electron chi connectivity index (χ1n) is 23.9. The molecule has 1 unspecified atom stereocenters. The average Bonchev–Trinajstić information content (AvgIpc) is 3.72. The molecular formula is C49H81ClN4O11S. The van der Waals surface area contributed by atoms with Gasteiger partial charge in [-0.05, 0) is 104 Å². The number of carbonyl (C=O) groups excluding carboxylic acids is 1. The second-order valence-corrected chi connectivity index (χ2v) is 21.9. The number of benzene rings is 1. The minimum Gasteiger partial charge on any atom is -0.459 e. The topological polar surface area (TPSA) is 196 Å². The van der Waals surface area contributed by atoms with E-state index in [1.807, 2.05) is 83.3 Å². The molecule has 0 spiro atoms. The summed E-state index contributed by atoms with van der Waals surface area (Å²) < 4.78 is 32.2. The Morgan fingerprint density at radius 1 is 1.02 bits per heavy atom. The zero-order chi connectivity index (χ0) is 49.1. The Kier molecular flexibility index (Phi) is 19.0. The number of carbonyl (C=O) groups is 1. The zero-order valence-electron chi connectivity index (χ0n) is 41.5. The molecule has 0 saturated carbocycles. The van der Waals surface area contributed by atoms with Crippen LogP contribution in [0.15, 0.2) is 29.6 Å². The largest absolute Gasteiger partial charge is 0.459 e. The number of aliphatic hydroxyl groups is 5. The van der Waals surface area contributed by atoms with Crippen molar-refractivity contribution in [3.05, 3.63) is 45.9 Å². The molecule has 2 aromatic rings. The van der Waals surface area contributed by atoms with Crippen LogP contribution in [0.2, 0.25) is 5.02 Å². The van der Waals surface area contributed by atoms with E-state index in [-0.39, 0.29) is 37.3 Å². The van der Waals surface area contributed by atoms with Crippen molar-refractivity contribution in [1.82, 2.24) is 14.8 Å². The second kappa shape index (κ2) is 22.8. The van der Waals surface area contributed by atoms with E-state index >= 15 is 0 Å². The molecule has 3 aliphatic heterocycles. The van der Waals surface area contributed by atoms with Crippen molar-refractivity contribution >= 4 is 34.0 Å². The Morgan fingerprint density at radius 3 is 2.32 bits per heavy atom. The van der Waals surface area contributed by atoms with Crippen LogP contribution in [0.4, 0.5) is 5.13 Å². The van der Waals surface area contributed by atoms with Crippen LogP contribution in [0.3, 0.4) is 0 Å². The highest BCUT2D eigenvalue weighted by molar-refractivity contribution is 7.13. The van der Waals surface area contributed by atoms with Crippen LogP contribution in [0.25, 0.3) is 0 Å². The van der Waals surface area contributed by atoms with Crippen molar-refractivity contribution in [1.29, 1.82) is 0 Å². The van der Waals surface area contributed by atoms with Crippen molar-refractivity contribution in [2.45, 2.75) is 192 Å². The number of aromatic nitrogens is 1. The first-order valence-corrected chi connectivity index (χ1v) is 25.1. The molecule has 376 valence electrons. The number of thiazole rings is 1. The molecule has 66 heavy (non-hydrogen) atoms. The molecule has 0 aliphatic carbocycles. The summed E-state index contributed by atoms with van der Waals surface area (Å²) in [5.41, 5.74) is -2.39. The van der Waals surface area contributed by atoms with Gasteiger partial charge >= 0.3 is 5.97 Å². The molecule has 3 fully saturated rings. The van der Waals surface area contributed by atoms with Crippen LogP contribution >= 0.6 is 22.9 Å². The first-order chi connectivity index (χ1) is 30.8. The second-order valence-electron chi connectivity index (χ2n) is 20.6. The Morgan fingerprint density at radius 2 is 1.68 bits per heavy atom. The van der Waals surface area contributed by atoms with Crippen LogP contribution in [0, 0.1) is 23.7 Å². The van der Waals surface area contributed by atoms with Gasteiger partial charge in [0.1, 0.15) is 30.0 Å². The number of rotatable bonds is 12. The summed E-state index contributed by atoms with van der Waals surface area (Å²) in [6.07, 6.45) is -6.46. The summed E-state index contributed by atoms with van der Waals surface area (Å²) in [4.78, 5) is 23.4. The SMILES string of the molecule is CC[C@H]1OC(=O)[C@H](C)[C@@H](C2C[C@@](C)(OC)[C@@H](O)[C@H](C)O2)[C@H](C)[C@@H](O[C@@H]2O[C@H](C)C[C@H](N(C)CCc3csc(NCc4ccc(Cl)cc4)n3)[C@H]2O)[C@](C)(O)C[C@@H](C)CN(C)[C@H](C)[C@@H](O)[C@]1(C)O. The van der Waals surface area contributed by atoms with E-state index in [0.29, 0.717) is 37.5 Å². The fraction of sp³-hybridized carbons (Fsp3) is 0.796. The number of esters is 1. The maximum atomic E-state index is 14.6. The van der Waals surface area contributed by atoms with E-state index in [2.05, 4.69) is 10.2 Å². The van der Waals surface area contributed by atoms with E-state index in [1.54, 1.807) is 39.0 Å². The lowest BCUT2D eigenvalue weighted by Gasteiger charge is -2.51. The summed E-state index contributed by atoms with van der Waals surface area (Å²) in [5, 5.41) is 66.9. The van der Waals surface area contributed by atoms with Crippen molar-refractivity contribution in [2.24, 2.45) is 23.7 Å². The van der Waals surface area contributed by atoms with Gasteiger partial charge in [0.25, 0.3) is 0 Å². The molecule has 15 nitrogen and oxygen atoms in total. The fourth-order valence-electron chi connectivity index (χ4n) is 10.9. The van der Waals surface area contributed by atoms with Crippen molar-refractivity contribution in [3.63, 3.8) is 0 Å². The highest BCUT2D eigenvalue weighted by atomic mass is 35.5. The van der Waals surface area contributed by atoms with Crippen molar-refractivity contribution < 1.29 is 54.0 Å². The summed E-state index contributed by atoms with van der Waals surface area (Å²) in [6, 6.07) is 6.78. The smallest absolute Gasteiger partial charge is 0.309 e. The minimum absolute atomic E-state index is 0.157. The maximum Gasteiger partial charge on any atom is 0.309 e. The van der Waals surface area contributed by atoms with Gasteiger partial charge in [0, 0.05) is 68.0 Å². The number of hydrogen-bond acceptors (Lipinski definition) is 16. The normalized spacial score (nSPS) is 41.5. The fourth-order valence-corrected chi connectivity index (χ4v) is 11.8. The minimum atomic E-state index is -1.80. The predicted octanol–water partition coefficient (Wildman–Crippen LogP) is 5.51. The molecule has 6 N–H and O–H groups in total. The Bertz CT molecular complexity index is 1840. The lowest BCUT2D eigenvalue weighted by atomic mass is 9.68. The number of methoxy groups -OCH3 is 1. The van der Waals surface area contributed by atoms with Crippen LogP contribution in [-0.4, -0.2) is 165 Å². The third kappa shape index (κ3) is 12.8. The quantitative estimate of drug-likeness (QED) is 0.146. The average molecular weight is 970 g/mol. The molecule has 0 radical (unpaired) electrons. The Balaban J connectivity index is 1.46. The van der Waals surface area contributed by atoms with Gasteiger partial charge in [-0.3, -0.25) is 4.79 Å². The number of hydrogen-bond donors (Lipinski definition) is 6. The summed E-state index contributed by atoms with van der Waals surface area (Å²) in [7, 11) is 5.37. The third-order valence-corrected chi connectivity index (χ3v) is 16.2. The maximum absolute atomic E-state index is 14.6. The van der Waals surface area contributed by atoms with E-state index in [4.69, 9.17) is 40.3 Å². The molecule has 3 aliphatic rings. The number of ether oxygens (including phenoxy) is 5. The Labute approximate surface area is 402 Å². The van der Waals surface area contributed by atoms with E-state index in [1.165, 1.54) is 14.0 Å². The number of halogens is 1. The molecule has 1 aromatic carbocycles. The standard InChI is InChI=1S/C49H81ClN4O11S/c1-14-38-49(10,60)41(56)31(6)54(12)25-27(2)22-47(8,59)43(29(4)39(30(5)44(58)64-38)37-23-48(9,61-13)42(57)32(7)63-37)65-45-40(55)36(21-28(3)62-45)53(11)20-19-35-26-66-46(52-35)51-24-33-15-17-34(50)18-16-33/h15-18,26-32,36-43,45,55-57,59-60H,14,19-25H2,1-13H3,(H,51,52)/t27-,28-,29+,30-,31-,32+,36+,37?,38-,39+,40-,41-,42+,43-,45+,47-,48-,49-/m1/s1. The van der Waals surface area contributed by atoms with Gasteiger partial charge in [0.2, 0.25) is 0 Å². The van der Waals surface area contributed by atoms with Crippen molar-refractivity contribution in [2.75, 3.05) is 39.6 Å². The number of aliphatic hydroxyl groups excluding tert-OH is 3. The number of nitrogens with one attached hydrogen (secondary N) is 1. The van der Waals surface area contributed by atoms with Crippen LogP contribution in [0.5, 0.6) is 0 Å². The summed E-state index contributed by atoms with van der Waals surface area (Å²) >= 11 is 7.60. The van der Waals surface area contributed by atoms with Crippen molar-refractivity contribution in [3.8, 4) is 0 Å². The molecule has 0 bridgehead atoms. The van der Waals surface area contributed by atoms with Gasteiger partial charge in [-0.2, -0.15) is 0 Å². The highest BCUT2D eigenvalue weighted by Crippen LogP contribution is 2.45. The highest BCUT2D eigenvalue weighted by Gasteiger charge is 2.55. The van der Waals surface area contributed by atoms with Gasteiger partial charge in [-0.1, -0.05) is 51.4 Å². The first kappa shape index (κ1) is 54.9. The van der Waals surface area contributed by atoms with E-state index in [0.717, 1.165) is 16.4 Å². The van der Waals surface area contributed by atoms with E-state index < -0.39 is 95.6 Å². The number of nitrogens with zero attached hydrogens (tertiary/aromatic N) is 3. The molecule has 0 amide bonds. The van der Waals surface area contributed by atoms with Crippen LogP contribution < -0.4 is 5.32 Å². The lowest BCUT2D eigenvalue weighted by Crippen LogP contribution is -2.62. The van der Waals surface area contributed by atoms with Gasteiger partial charge in [0.15, 0.2) is 11.4 Å². The monoisotopic (exact) mass is 969 g/mol. The zero-order valence-corrected chi connectivity index (χ0v) is 43.1. The number of cyclic esters (lactones) is 1. The third-order valence-electron chi connectivity index (χ3n) is 15.1. The number of anilines is 1. The molecule has 5 rings (SSSR count). The van der Waals surface area contributed by atoms with Gasteiger partial charge in [-0.25, -0.2) is 4.98 Å². The lowest BCUT2D eigenvalue weighted by molar-refractivity contribution is -0.302. The number of likely N-dealkylation sites (N-methyl/N-ethyl adjacent to an activating group) is 2. The van der Waals surface area contributed by atoms with Gasteiger partial charge in [-0.15, -0.1) is 11.3 Å². The summed E-state index contributed by atoms with van der Waals surface area (Å²) in [6.45, 7) is 19.7. The van der Waals surface area contributed by atoms with E-state index in [9.17, 15) is 30.3 Å². The molecule has 18 atom stereocenters. The summed E-state index contributed by atoms with van der Waals surface area (Å²) in [5.74, 6) is -3.06. The molecule has 1 aromatic heterocycles. The van der Waals surface area contributed by atoms with Crippen LogP contribution in [0.1, 0.15) is 106 Å². The molecular weight excluding hydrogens is 888 g/mol.